The number of rotatable bonds is 4. The Kier molecular flexibility index (Phi) is 3.63. The second kappa shape index (κ2) is 5.09. The fraction of sp³-hybridized carbons (Fsp3) is 0.462. The normalized spacial score (nSPS) is 16.4. The standard InChI is InChI=1S/C13H16N2O5/c1-3-20-11-9(5-4-6-10(11)15(18)19)12(16)14-7-13(2,17)8-14/h4-6,17H,3,7-8H2,1-2H3. The van der Waals surface area contributed by atoms with Crippen molar-refractivity contribution in [3.8, 4) is 5.75 Å². The molecule has 1 N–H and O–H groups in total. The van der Waals surface area contributed by atoms with E-state index in [1.54, 1.807) is 13.8 Å². The lowest BCUT2D eigenvalue weighted by Gasteiger charge is -2.44. The first-order chi connectivity index (χ1) is 9.35. The average Bonchev–Trinajstić information content (AvgIpc) is 2.35. The van der Waals surface area contributed by atoms with Gasteiger partial charge >= 0.3 is 5.69 Å². The summed E-state index contributed by atoms with van der Waals surface area (Å²) >= 11 is 0. The third kappa shape index (κ3) is 2.57. The predicted octanol–water partition coefficient (Wildman–Crippen LogP) is 1.20. The Labute approximate surface area is 115 Å². The number of benzene rings is 1. The molecule has 1 aliphatic heterocycles. The predicted molar refractivity (Wildman–Crippen MR) is 70.8 cm³/mol. The van der Waals surface area contributed by atoms with Crippen LogP contribution in [0.1, 0.15) is 24.2 Å². The summed E-state index contributed by atoms with van der Waals surface area (Å²) < 4.78 is 5.27. The molecule has 1 saturated heterocycles. The van der Waals surface area contributed by atoms with E-state index in [2.05, 4.69) is 0 Å². The van der Waals surface area contributed by atoms with Crippen LogP contribution in [0.3, 0.4) is 0 Å². The summed E-state index contributed by atoms with van der Waals surface area (Å²) in [6.07, 6.45) is 0. The van der Waals surface area contributed by atoms with Crippen molar-refractivity contribution in [2.45, 2.75) is 19.4 Å². The molecule has 7 heteroatoms. The maximum atomic E-state index is 12.3. The number of hydrogen-bond acceptors (Lipinski definition) is 5. The van der Waals surface area contributed by atoms with Crippen LogP contribution < -0.4 is 4.74 Å². The molecule has 7 nitrogen and oxygen atoms in total. The number of hydrogen-bond donors (Lipinski definition) is 1. The average molecular weight is 280 g/mol. The van der Waals surface area contributed by atoms with Gasteiger partial charge < -0.3 is 14.7 Å². The molecular formula is C13H16N2O5. The van der Waals surface area contributed by atoms with E-state index in [1.165, 1.54) is 23.1 Å². The van der Waals surface area contributed by atoms with E-state index in [0.717, 1.165) is 0 Å². The van der Waals surface area contributed by atoms with E-state index >= 15 is 0 Å². The number of carbonyl (C=O) groups excluding carboxylic acids is 1. The molecule has 0 unspecified atom stereocenters. The number of nitro benzene ring substituents is 1. The summed E-state index contributed by atoms with van der Waals surface area (Å²) in [6, 6.07) is 4.24. The maximum Gasteiger partial charge on any atom is 0.311 e. The molecule has 1 aromatic carbocycles. The van der Waals surface area contributed by atoms with E-state index in [-0.39, 0.29) is 42.6 Å². The van der Waals surface area contributed by atoms with Gasteiger partial charge in [0.2, 0.25) is 5.75 Å². The number of β-amino-alcohol motifs (C(OH)–C–C–N with tert-alkyl or cyclic N) is 1. The van der Waals surface area contributed by atoms with E-state index in [0.29, 0.717) is 0 Å². The Hall–Kier alpha value is -2.15. The van der Waals surface area contributed by atoms with Gasteiger partial charge in [0.25, 0.3) is 5.91 Å². The Morgan fingerprint density at radius 1 is 1.55 bits per heavy atom. The topological polar surface area (TPSA) is 92.9 Å². The van der Waals surface area contributed by atoms with Gasteiger partial charge in [-0.25, -0.2) is 0 Å². The molecule has 0 saturated carbocycles. The fourth-order valence-electron chi connectivity index (χ4n) is 2.22. The number of nitrogens with zero attached hydrogens (tertiary/aromatic N) is 2. The minimum atomic E-state index is -0.887. The molecule has 0 radical (unpaired) electrons. The van der Waals surface area contributed by atoms with Gasteiger partial charge in [-0.2, -0.15) is 0 Å². The SMILES string of the molecule is CCOc1c(C(=O)N2CC(C)(O)C2)cccc1[N+](=O)[O-]. The Morgan fingerprint density at radius 2 is 2.20 bits per heavy atom. The number of para-hydroxylation sites is 1. The zero-order chi connectivity index (χ0) is 14.9. The second-order valence-corrected chi connectivity index (χ2v) is 5.00. The number of likely N-dealkylation sites (tertiary alicyclic amines) is 1. The lowest BCUT2D eigenvalue weighted by atomic mass is 9.95. The monoisotopic (exact) mass is 280 g/mol. The second-order valence-electron chi connectivity index (χ2n) is 5.00. The van der Waals surface area contributed by atoms with Gasteiger partial charge in [0.1, 0.15) is 0 Å². The summed E-state index contributed by atoms with van der Waals surface area (Å²) in [6.45, 7) is 3.97. The zero-order valence-corrected chi connectivity index (χ0v) is 11.3. The van der Waals surface area contributed by atoms with Crippen molar-refractivity contribution in [1.82, 2.24) is 4.90 Å². The Bertz CT molecular complexity index is 548. The van der Waals surface area contributed by atoms with Gasteiger partial charge in [-0.05, 0) is 19.9 Å². The molecule has 0 spiro atoms. The molecule has 20 heavy (non-hydrogen) atoms. The smallest absolute Gasteiger partial charge is 0.311 e. The van der Waals surface area contributed by atoms with Crippen LogP contribution in [0.25, 0.3) is 0 Å². The first kappa shape index (κ1) is 14.3. The van der Waals surface area contributed by atoms with Crippen molar-refractivity contribution in [2.75, 3.05) is 19.7 Å². The lowest BCUT2D eigenvalue weighted by molar-refractivity contribution is -0.385. The first-order valence-corrected chi connectivity index (χ1v) is 6.27. The van der Waals surface area contributed by atoms with Gasteiger partial charge in [-0.3, -0.25) is 14.9 Å². The van der Waals surface area contributed by atoms with Crippen LogP contribution in [0.5, 0.6) is 5.75 Å². The third-order valence-corrected chi connectivity index (χ3v) is 3.06. The van der Waals surface area contributed by atoms with Gasteiger partial charge in [-0.1, -0.05) is 6.07 Å². The van der Waals surface area contributed by atoms with Crippen molar-refractivity contribution in [3.05, 3.63) is 33.9 Å². The maximum absolute atomic E-state index is 12.3. The minimum Gasteiger partial charge on any atom is -0.487 e. The van der Waals surface area contributed by atoms with Crippen molar-refractivity contribution < 1.29 is 19.6 Å². The summed E-state index contributed by atoms with van der Waals surface area (Å²) in [4.78, 5) is 24.1. The third-order valence-electron chi connectivity index (χ3n) is 3.06. The molecule has 1 fully saturated rings. The minimum absolute atomic E-state index is 0.0171. The van der Waals surface area contributed by atoms with E-state index in [4.69, 9.17) is 4.74 Å². The zero-order valence-electron chi connectivity index (χ0n) is 11.3. The van der Waals surface area contributed by atoms with Crippen LogP contribution in [-0.4, -0.2) is 46.1 Å². The quantitative estimate of drug-likeness (QED) is 0.660. The number of ether oxygens (including phenoxy) is 1. The number of aliphatic hydroxyl groups is 1. The lowest BCUT2D eigenvalue weighted by Crippen LogP contribution is -2.61. The van der Waals surface area contributed by atoms with E-state index in [1.807, 2.05) is 0 Å². The van der Waals surface area contributed by atoms with Crippen LogP contribution >= 0.6 is 0 Å². The van der Waals surface area contributed by atoms with Crippen molar-refractivity contribution in [1.29, 1.82) is 0 Å². The highest BCUT2D eigenvalue weighted by atomic mass is 16.6. The molecule has 0 atom stereocenters. The highest BCUT2D eigenvalue weighted by Crippen LogP contribution is 2.33. The Morgan fingerprint density at radius 3 is 2.70 bits per heavy atom. The number of carbonyl (C=O) groups is 1. The molecule has 2 rings (SSSR count). The van der Waals surface area contributed by atoms with Crippen LogP contribution in [0.4, 0.5) is 5.69 Å². The molecule has 1 amide bonds. The molecule has 108 valence electrons. The largest absolute Gasteiger partial charge is 0.487 e. The molecule has 0 bridgehead atoms. The van der Waals surface area contributed by atoms with Gasteiger partial charge in [0.05, 0.1) is 35.8 Å². The number of nitro groups is 1. The van der Waals surface area contributed by atoms with Crippen molar-refractivity contribution >= 4 is 11.6 Å². The summed E-state index contributed by atoms with van der Waals surface area (Å²) in [5, 5.41) is 20.7. The molecule has 0 aliphatic carbocycles. The molecule has 1 heterocycles. The summed E-state index contributed by atoms with van der Waals surface area (Å²) in [5.41, 5.74) is -0.969. The van der Waals surface area contributed by atoms with Crippen LogP contribution in [0, 0.1) is 10.1 Å². The highest BCUT2D eigenvalue weighted by molar-refractivity contribution is 5.98. The molecule has 1 aliphatic rings. The van der Waals surface area contributed by atoms with Crippen LogP contribution in [-0.2, 0) is 0 Å². The molecule has 0 aromatic heterocycles. The van der Waals surface area contributed by atoms with Gasteiger partial charge in [0.15, 0.2) is 0 Å². The summed E-state index contributed by atoms with van der Waals surface area (Å²) in [7, 11) is 0. The molecular weight excluding hydrogens is 264 g/mol. The van der Waals surface area contributed by atoms with Crippen molar-refractivity contribution in [3.63, 3.8) is 0 Å². The Balaban J connectivity index is 2.33. The van der Waals surface area contributed by atoms with E-state index in [9.17, 15) is 20.0 Å². The van der Waals surface area contributed by atoms with Crippen molar-refractivity contribution in [2.24, 2.45) is 0 Å². The van der Waals surface area contributed by atoms with Gasteiger partial charge in [0, 0.05) is 6.07 Å². The highest BCUT2D eigenvalue weighted by Gasteiger charge is 2.41. The fourth-order valence-corrected chi connectivity index (χ4v) is 2.22. The van der Waals surface area contributed by atoms with Crippen LogP contribution in [0.2, 0.25) is 0 Å². The first-order valence-electron chi connectivity index (χ1n) is 6.27. The molecule has 1 aromatic rings. The van der Waals surface area contributed by atoms with Crippen LogP contribution in [0.15, 0.2) is 18.2 Å². The van der Waals surface area contributed by atoms with Gasteiger partial charge in [-0.15, -0.1) is 0 Å². The summed E-state index contributed by atoms with van der Waals surface area (Å²) in [5.74, 6) is -0.389. The number of amides is 1. The van der Waals surface area contributed by atoms with E-state index < -0.39 is 10.5 Å².